The Labute approximate surface area is 141 Å². The third-order valence-electron chi connectivity index (χ3n) is 3.73. The Morgan fingerprint density at radius 2 is 1.92 bits per heavy atom. The number of rotatable bonds is 2. The highest BCUT2D eigenvalue weighted by molar-refractivity contribution is 7.92. The Kier molecular flexibility index (Phi) is 5.37. The van der Waals surface area contributed by atoms with Gasteiger partial charge < -0.3 is 15.7 Å². The molecule has 25 heavy (non-hydrogen) atoms. The number of carbonyl (C=O) groups excluding carboxylic acids is 1. The molecule has 3 N–H and O–H groups in total. The highest BCUT2D eigenvalue weighted by Gasteiger charge is 2.38. The fourth-order valence-electron chi connectivity index (χ4n) is 2.47. The van der Waals surface area contributed by atoms with Gasteiger partial charge in [-0.1, -0.05) is 0 Å². The molecule has 0 spiro atoms. The summed E-state index contributed by atoms with van der Waals surface area (Å²) in [6.07, 6.45) is -4.17. The molecule has 11 heteroatoms. The number of aliphatic carboxylic acids is 1. The average molecular weight is 380 g/mol. The van der Waals surface area contributed by atoms with E-state index < -0.39 is 22.0 Å². The average Bonchev–Trinajstić information content (AvgIpc) is 3.14. The summed E-state index contributed by atoms with van der Waals surface area (Å²) >= 11 is 0. The molecular formula is C14H15F3N2O5S. The molecule has 1 amide bonds. The van der Waals surface area contributed by atoms with Gasteiger partial charge in [-0.25, -0.2) is 13.2 Å². The molecule has 7 nitrogen and oxygen atoms in total. The van der Waals surface area contributed by atoms with Gasteiger partial charge in [-0.15, -0.1) is 0 Å². The molecule has 2 heterocycles. The van der Waals surface area contributed by atoms with Crippen molar-refractivity contribution < 1.29 is 36.3 Å². The predicted molar refractivity (Wildman–Crippen MR) is 80.9 cm³/mol. The second-order valence-electron chi connectivity index (χ2n) is 5.51. The number of hydrogen-bond acceptors (Lipinski definition) is 5. The number of fused-ring (bicyclic) bond motifs is 1. The van der Waals surface area contributed by atoms with Crippen LogP contribution in [0.4, 0.5) is 18.9 Å². The number of benzene rings is 1. The van der Waals surface area contributed by atoms with E-state index in [4.69, 9.17) is 9.90 Å². The van der Waals surface area contributed by atoms with Crippen molar-refractivity contribution in [3.8, 4) is 0 Å². The molecule has 138 valence electrons. The summed E-state index contributed by atoms with van der Waals surface area (Å²) in [5.74, 6) is -2.84. The smallest absolute Gasteiger partial charge is 0.475 e. The van der Waals surface area contributed by atoms with Gasteiger partial charge in [0, 0.05) is 12.2 Å². The van der Waals surface area contributed by atoms with Gasteiger partial charge in [-0.05, 0) is 36.7 Å². The highest BCUT2D eigenvalue weighted by Crippen LogP contribution is 2.28. The van der Waals surface area contributed by atoms with Gasteiger partial charge in [0.2, 0.25) is 5.91 Å². The summed E-state index contributed by atoms with van der Waals surface area (Å²) in [5.41, 5.74) is 1.50. The number of alkyl halides is 3. The lowest BCUT2D eigenvalue weighted by Crippen LogP contribution is -2.24. The largest absolute Gasteiger partial charge is 0.490 e. The monoisotopic (exact) mass is 380 g/mol. The molecule has 1 aromatic rings. The van der Waals surface area contributed by atoms with Crippen LogP contribution in [-0.4, -0.2) is 49.9 Å². The first-order valence-electron chi connectivity index (χ1n) is 7.19. The maximum absolute atomic E-state index is 12.4. The van der Waals surface area contributed by atoms with Crippen molar-refractivity contribution in [2.75, 3.05) is 18.4 Å². The van der Waals surface area contributed by atoms with E-state index in [0.717, 1.165) is 17.8 Å². The van der Waals surface area contributed by atoms with Crippen molar-refractivity contribution in [1.29, 1.82) is 0 Å². The first-order valence-corrected chi connectivity index (χ1v) is 8.74. The number of carboxylic acid groups (broad SMARTS) is 1. The fourth-order valence-corrected chi connectivity index (χ4v) is 4.18. The van der Waals surface area contributed by atoms with E-state index in [9.17, 15) is 26.4 Å². The third kappa shape index (κ3) is 4.48. The second-order valence-corrected chi connectivity index (χ2v) is 7.73. The Hall–Kier alpha value is -2.14. The SMILES string of the molecule is O=C(O)C(F)(F)F.O=C1Cc2cc(S(=O)(=O)C3CCNC3)ccc2N1. The third-order valence-corrected chi connectivity index (χ3v) is 5.92. The quantitative estimate of drug-likeness (QED) is 0.704. The number of anilines is 1. The molecule has 0 aliphatic carbocycles. The standard InChI is InChI=1S/C12H14N2O3S.C2HF3O2/c15-12-6-8-5-9(1-2-11(8)14-12)18(16,17)10-3-4-13-7-10;3-2(4,5)1(6)7/h1-2,5,10,13H,3-4,6-7H2,(H,14,15);(H,6,7). The predicted octanol–water partition coefficient (Wildman–Crippen LogP) is 0.950. The number of halogens is 3. The molecule has 1 unspecified atom stereocenters. The van der Waals surface area contributed by atoms with Crippen LogP contribution in [-0.2, 0) is 25.8 Å². The molecular weight excluding hydrogens is 365 g/mol. The van der Waals surface area contributed by atoms with Crippen LogP contribution in [0.5, 0.6) is 0 Å². The number of carboxylic acids is 1. The molecule has 0 bridgehead atoms. The molecule has 1 saturated heterocycles. The van der Waals surface area contributed by atoms with Crippen LogP contribution in [0.25, 0.3) is 0 Å². The van der Waals surface area contributed by atoms with Crippen molar-refractivity contribution in [1.82, 2.24) is 5.32 Å². The van der Waals surface area contributed by atoms with Crippen LogP contribution < -0.4 is 10.6 Å². The zero-order chi connectivity index (χ0) is 18.8. The minimum Gasteiger partial charge on any atom is -0.475 e. The zero-order valence-electron chi connectivity index (χ0n) is 12.8. The van der Waals surface area contributed by atoms with Crippen molar-refractivity contribution in [3.63, 3.8) is 0 Å². The van der Waals surface area contributed by atoms with Crippen molar-refractivity contribution in [3.05, 3.63) is 23.8 Å². The lowest BCUT2D eigenvalue weighted by Gasteiger charge is -2.11. The van der Waals surface area contributed by atoms with Gasteiger partial charge in [0.05, 0.1) is 16.6 Å². The van der Waals surface area contributed by atoms with E-state index in [1.54, 1.807) is 18.2 Å². The Morgan fingerprint density at radius 1 is 1.28 bits per heavy atom. The lowest BCUT2D eigenvalue weighted by molar-refractivity contribution is -0.192. The van der Waals surface area contributed by atoms with Gasteiger partial charge in [0.1, 0.15) is 0 Å². The fraction of sp³-hybridized carbons (Fsp3) is 0.429. The molecule has 3 rings (SSSR count). The summed E-state index contributed by atoms with van der Waals surface area (Å²) in [6, 6.07) is 4.88. The second kappa shape index (κ2) is 7.00. The van der Waals surface area contributed by atoms with Crippen molar-refractivity contribution in [2.24, 2.45) is 0 Å². The Balaban J connectivity index is 0.000000277. The maximum atomic E-state index is 12.4. The maximum Gasteiger partial charge on any atom is 0.490 e. The minimum atomic E-state index is -5.08. The lowest BCUT2D eigenvalue weighted by atomic mass is 10.2. The summed E-state index contributed by atoms with van der Waals surface area (Å²) in [7, 11) is -3.28. The number of hydrogen-bond donors (Lipinski definition) is 3. The van der Waals surface area contributed by atoms with Crippen LogP contribution in [0.2, 0.25) is 0 Å². The van der Waals surface area contributed by atoms with Gasteiger partial charge >= 0.3 is 12.1 Å². The summed E-state index contributed by atoms with van der Waals surface area (Å²) in [6.45, 7) is 1.26. The van der Waals surface area contributed by atoms with E-state index in [-0.39, 0.29) is 17.6 Å². The minimum absolute atomic E-state index is 0.0814. The van der Waals surface area contributed by atoms with Crippen LogP contribution in [0.3, 0.4) is 0 Å². The molecule has 1 aromatic carbocycles. The van der Waals surface area contributed by atoms with Crippen molar-refractivity contribution in [2.45, 2.75) is 29.2 Å². The number of sulfone groups is 1. The van der Waals surface area contributed by atoms with Crippen molar-refractivity contribution >= 4 is 27.4 Å². The van der Waals surface area contributed by atoms with E-state index in [1.165, 1.54) is 0 Å². The van der Waals surface area contributed by atoms with Gasteiger partial charge in [-0.2, -0.15) is 13.2 Å². The molecule has 2 aliphatic rings. The number of amides is 1. The number of nitrogens with one attached hydrogen (secondary N) is 2. The highest BCUT2D eigenvalue weighted by atomic mass is 32.2. The first kappa shape index (κ1) is 19.2. The van der Waals surface area contributed by atoms with E-state index in [2.05, 4.69) is 10.6 Å². The van der Waals surface area contributed by atoms with Crippen LogP contribution in [0.15, 0.2) is 23.1 Å². The molecule has 1 atom stereocenters. The van der Waals surface area contributed by atoms with Crippen LogP contribution in [0, 0.1) is 0 Å². The van der Waals surface area contributed by atoms with Crippen LogP contribution >= 0.6 is 0 Å². The van der Waals surface area contributed by atoms with E-state index in [0.29, 0.717) is 17.9 Å². The Morgan fingerprint density at radius 3 is 2.44 bits per heavy atom. The Bertz CT molecular complexity index is 786. The van der Waals surface area contributed by atoms with Gasteiger partial charge in [-0.3, -0.25) is 4.79 Å². The summed E-state index contributed by atoms with van der Waals surface area (Å²) < 4.78 is 56.5. The summed E-state index contributed by atoms with van der Waals surface area (Å²) in [5, 5.41) is 12.5. The molecule has 2 aliphatic heterocycles. The topological polar surface area (TPSA) is 113 Å². The zero-order valence-corrected chi connectivity index (χ0v) is 13.6. The van der Waals surface area contributed by atoms with E-state index in [1.807, 2.05) is 0 Å². The summed E-state index contributed by atoms with van der Waals surface area (Å²) in [4.78, 5) is 20.5. The molecule has 0 saturated carbocycles. The normalized spacial score (nSPS) is 19.6. The van der Waals surface area contributed by atoms with Gasteiger partial charge in [0.15, 0.2) is 9.84 Å². The van der Waals surface area contributed by atoms with Gasteiger partial charge in [0.25, 0.3) is 0 Å². The van der Waals surface area contributed by atoms with E-state index >= 15 is 0 Å². The molecule has 0 aromatic heterocycles. The van der Waals surface area contributed by atoms with Crippen LogP contribution in [0.1, 0.15) is 12.0 Å². The molecule has 1 fully saturated rings. The molecule has 0 radical (unpaired) electrons. The first-order chi connectivity index (χ1) is 11.5. The number of carbonyl (C=O) groups is 2.